The third kappa shape index (κ3) is 5.56. The number of imide groups is 1. The third-order valence-corrected chi connectivity index (χ3v) is 7.15. The summed E-state index contributed by atoms with van der Waals surface area (Å²) in [5, 5.41) is 9.45. The molecule has 186 valence electrons. The molecular weight excluding hydrogens is 514 g/mol. The lowest BCUT2D eigenvalue weighted by molar-refractivity contribution is -0.121. The number of ketones is 1. The topological polar surface area (TPSA) is 117 Å². The van der Waals surface area contributed by atoms with Crippen LogP contribution in [-0.2, 0) is 14.3 Å². The molecule has 0 N–H and O–H groups in total. The summed E-state index contributed by atoms with van der Waals surface area (Å²) in [7, 11) is 0. The van der Waals surface area contributed by atoms with Crippen molar-refractivity contribution in [2.24, 2.45) is 0 Å². The first-order chi connectivity index (χ1) is 17.7. The summed E-state index contributed by atoms with van der Waals surface area (Å²) < 4.78 is 5.10. The maximum atomic E-state index is 13.1. The van der Waals surface area contributed by atoms with Gasteiger partial charge in [0.05, 0.1) is 27.1 Å². The Balaban J connectivity index is 1.43. The van der Waals surface area contributed by atoms with Gasteiger partial charge in [0.15, 0.2) is 6.61 Å². The summed E-state index contributed by atoms with van der Waals surface area (Å²) in [6.45, 7) is 3.11. The lowest BCUT2D eigenvalue weighted by atomic mass is 10.1. The third-order valence-electron chi connectivity index (χ3n) is 5.65. The molecule has 8 nitrogen and oxygen atoms in total. The molecule has 2 heterocycles. The van der Waals surface area contributed by atoms with Crippen molar-refractivity contribution >= 4 is 52.6 Å². The highest BCUT2D eigenvalue weighted by molar-refractivity contribution is 8.00. The number of Topliss-reactive ketones (excluding diaryl/α,β-unsaturated/α-hetero) is 1. The van der Waals surface area contributed by atoms with Gasteiger partial charge in [-0.1, -0.05) is 35.5 Å². The van der Waals surface area contributed by atoms with Crippen LogP contribution in [0.3, 0.4) is 0 Å². The zero-order valence-corrected chi connectivity index (χ0v) is 21.4. The standard InChI is InChI=1S/C27H20ClN3O5S/c1-15-11-16(2)30-25(20(15)13-29)37-23-12-24(33)31(26(23)34)18-9-7-17(8-10-18)27(35)36-14-22(32)19-5-3-4-6-21(19)28/h3-11,23H,12,14H2,1-2H3. The number of carbonyl (C=O) groups is 4. The smallest absolute Gasteiger partial charge is 0.338 e. The molecule has 0 bridgehead atoms. The first-order valence-corrected chi connectivity index (χ1v) is 12.4. The number of hydrogen-bond acceptors (Lipinski definition) is 8. The maximum absolute atomic E-state index is 13.1. The van der Waals surface area contributed by atoms with Crippen LogP contribution >= 0.6 is 23.4 Å². The number of ether oxygens (including phenoxy) is 1. The van der Waals surface area contributed by atoms with Crippen LogP contribution in [0.25, 0.3) is 0 Å². The van der Waals surface area contributed by atoms with Crippen LogP contribution < -0.4 is 4.90 Å². The Bertz CT molecular complexity index is 1470. The van der Waals surface area contributed by atoms with Crippen LogP contribution in [0.5, 0.6) is 0 Å². The molecule has 1 aliphatic heterocycles. The SMILES string of the molecule is Cc1cc(C)c(C#N)c(SC2CC(=O)N(c3ccc(C(=O)OCC(=O)c4ccccc4Cl)cc3)C2=O)n1. The summed E-state index contributed by atoms with van der Waals surface area (Å²) in [4.78, 5) is 55.9. The molecule has 0 saturated carbocycles. The van der Waals surface area contributed by atoms with E-state index in [1.165, 1.54) is 24.3 Å². The van der Waals surface area contributed by atoms with Crippen LogP contribution in [0.1, 0.15) is 44.0 Å². The normalized spacial score (nSPS) is 15.0. The number of hydrogen-bond donors (Lipinski definition) is 0. The van der Waals surface area contributed by atoms with Gasteiger partial charge in [-0.05, 0) is 61.9 Å². The minimum absolute atomic E-state index is 0.0447. The van der Waals surface area contributed by atoms with Crippen molar-refractivity contribution in [3.8, 4) is 6.07 Å². The van der Waals surface area contributed by atoms with Gasteiger partial charge in [0.25, 0.3) is 0 Å². The lowest BCUT2D eigenvalue weighted by Crippen LogP contribution is -2.31. The first-order valence-electron chi connectivity index (χ1n) is 11.2. The summed E-state index contributed by atoms with van der Waals surface area (Å²) in [5.41, 5.74) is 2.55. The van der Waals surface area contributed by atoms with E-state index < -0.39 is 35.4 Å². The van der Waals surface area contributed by atoms with Gasteiger partial charge in [0.2, 0.25) is 17.6 Å². The number of rotatable bonds is 7. The highest BCUT2D eigenvalue weighted by Crippen LogP contribution is 2.35. The number of halogens is 1. The Morgan fingerprint density at radius 2 is 1.86 bits per heavy atom. The fraction of sp³-hybridized carbons (Fsp3) is 0.185. The fourth-order valence-electron chi connectivity index (χ4n) is 3.85. The van der Waals surface area contributed by atoms with Gasteiger partial charge < -0.3 is 4.74 Å². The first kappa shape index (κ1) is 26.1. The average Bonchev–Trinajstić information content (AvgIpc) is 3.14. The van der Waals surface area contributed by atoms with E-state index in [4.69, 9.17) is 16.3 Å². The van der Waals surface area contributed by atoms with Crippen LogP contribution in [0.4, 0.5) is 5.69 Å². The maximum Gasteiger partial charge on any atom is 0.338 e. The van der Waals surface area contributed by atoms with Crippen LogP contribution in [0.15, 0.2) is 59.6 Å². The molecule has 1 unspecified atom stereocenters. The molecule has 2 amide bonds. The molecule has 10 heteroatoms. The van der Waals surface area contributed by atoms with Gasteiger partial charge >= 0.3 is 5.97 Å². The van der Waals surface area contributed by atoms with Gasteiger partial charge in [-0.2, -0.15) is 5.26 Å². The van der Waals surface area contributed by atoms with E-state index in [0.717, 1.165) is 22.2 Å². The molecule has 0 aliphatic carbocycles. The number of carbonyl (C=O) groups excluding carboxylic acids is 4. The van der Waals surface area contributed by atoms with Crippen molar-refractivity contribution < 1.29 is 23.9 Å². The van der Waals surface area contributed by atoms with Gasteiger partial charge in [0, 0.05) is 17.7 Å². The number of amides is 2. The second-order valence-electron chi connectivity index (χ2n) is 8.28. The minimum atomic E-state index is -0.732. The number of aryl methyl sites for hydroxylation is 2. The second-order valence-corrected chi connectivity index (χ2v) is 9.88. The number of nitrogens with zero attached hydrogens (tertiary/aromatic N) is 3. The quantitative estimate of drug-likeness (QED) is 0.244. The highest BCUT2D eigenvalue weighted by atomic mass is 35.5. The Morgan fingerprint density at radius 1 is 1.16 bits per heavy atom. The summed E-state index contributed by atoms with van der Waals surface area (Å²) in [5.74, 6) is -2.00. The number of benzene rings is 2. The van der Waals surface area contributed by atoms with Gasteiger partial charge in [-0.15, -0.1) is 0 Å². The number of nitriles is 1. The Hall–Kier alpha value is -4.00. The van der Waals surface area contributed by atoms with E-state index in [2.05, 4.69) is 11.1 Å². The van der Waals surface area contributed by atoms with E-state index in [-0.39, 0.29) is 22.6 Å². The van der Waals surface area contributed by atoms with E-state index >= 15 is 0 Å². The predicted octanol–water partition coefficient (Wildman–Crippen LogP) is 4.69. The number of pyridine rings is 1. The monoisotopic (exact) mass is 533 g/mol. The van der Waals surface area contributed by atoms with Crippen molar-refractivity contribution in [2.75, 3.05) is 11.5 Å². The van der Waals surface area contributed by atoms with Crippen molar-refractivity contribution in [3.05, 3.63) is 87.6 Å². The lowest BCUT2D eigenvalue weighted by Gasteiger charge is -2.15. The molecule has 0 spiro atoms. The molecule has 2 aromatic carbocycles. The number of aromatic nitrogens is 1. The molecule has 37 heavy (non-hydrogen) atoms. The molecule has 3 aromatic rings. The Kier molecular flexibility index (Phi) is 7.71. The number of anilines is 1. The number of thioether (sulfide) groups is 1. The van der Waals surface area contributed by atoms with Crippen LogP contribution in [0, 0.1) is 25.2 Å². The van der Waals surface area contributed by atoms with Crippen molar-refractivity contribution in [2.45, 2.75) is 30.5 Å². The summed E-state index contributed by atoms with van der Waals surface area (Å²) in [6, 6.07) is 16.1. The van der Waals surface area contributed by atoms with E-state index in [0.29, 0.717) is 22.0 Å². The molecule has 1 fully saturated rings. The fourth-order valence-corrected chi connectivity index (χ4v) is 5.32. The van der Waals surface area contributed by atoms with Crippen molar-refractivity contribution in [3.63, 3.8) is 0 Å². The van der Waals surface area contributed by atoms with Crippen LogP contribution in [-0.4, -0.2) is 40.4 Å². The predicted molar refractivity (Wildman–Crippen MR) is 138 cm³/mol. The molecule has 1 aromatic heterocycles. The van der Waals surface area contributed by atoms with Crippen molar-refractivity contribution in [1.82, 2.24) is 4.98 Å². The van der Waals surface area contributed by atoms with Crippen molar-refractivity contribution in [1.29, 1.82) is 5.26 Å². The van der Waals surface area contributed by atoms with E-state index in [9.17, 15) is 24.4 Å². The Labute approximate surface area is 222 Å². The molecule has 1 atom stereocenters. The molecule has 0 radical (unpaired) electrons. The van der Waals surface area contributed by atoms with E-state index in [1.807, 2.05) is 0 Å². The van der Waals surface area contributed by atoms with Gasteiger partial charge in [-0.3, -0.25) is 14.4 Å². The largest absolute Gasteiger partial charge is 0.454 e. The van der Waals surface area contributed by atoms with E-state index in [1.54, 1.807) is 44.2 Å². The summed E-state index contributed by atoms with van der Waals surface area (Å²) in [6.07, 6.45) is -0.0447. The molecule has 1 aliphatic rings. The average molecular weight is 534 g/mol. The number of esters is 1. The zero-order chi connectivity index (χ0) is 26.7. The van der Waals surface area contributed by atoms with Gasteiger partial charge in [-0.25, -0.2) is 14.7 Å². The van der Waals surface area contributed by atoms with Crippen LogP contribution in [0.2, 0.25) is 5.02 Å². The molecule has 4 rings (SSSR count). The second kappa shape index (κ2) is 10.9. The molecular formula is C27H20ClN3O5S. The highest BCUT2D eigenvalue weighted by Gasteiger charge is 2.41. The Morgan fingerprint density at radius 3 is 2.54 bits per heavy atom. The zero-order valence-electron chi connectivity index (χ0n) is 19.9. The summed E-state index contributed by atoms with van der Waals surface area (Å²) >= 11 is 7.10. The molecule has 1 saturated heterocycles. The van der Waals surface area contributed by atoms with Gasteiger partial charge in [0.1, 0.15) is 11.1 Å². The minimum Gasteiger partial charge on any atom is -0.454 e.